The van der Waals surface area contributed by atoms with Crippen molar-refractivity contribution in [3.63, 3.8) is 0 Å². The summed E-state index contributed by atoms with van der Waals surface area (Å²) >= 11 is 0. The molecular weight excluding hydrogens is 384 g/mol. The maximum absolute atomic E-state index is 12.9. The standard InChI is InChI=1S/C23H24N2O5/c1-2-30-23(29)12-3-5-13(6-4-12)24-18(26)9-10-25-21(27)19-14-7-8-15(17-11-16(14)17)20(19)22(25)28/h3-8,14-17,19-20H,2,9-11H2,1H3,(H,24,26)/t14-,15-,16-,17-,19+,20+/m1/s1. The van der Waals surface area contributed by atoms with Gasteiger partial charge in [-0.1, -0.05) is 12.2 Å². The number of allylic oxidation sites excluding steroid dienone is 2. The van der Waals surface area contributed by atoms with Crippen LogP contribution in [0.5, 0.6) is 0 Å². The molecule has 1 aliphatic heterocycles. The lowest BCUT2D eigenvalue weighted by atomic mass is 9.63. The number of nitrogens with zero attached hydrogens (tertiary/aromatic N) is 1. The minimum Gasteiger partial charge on any atom is -0.462 e. The second kappa shape index (κ2) is 7.07. The SMILES string of the molecule is CCOC(=O)c1ccc(NC(=O)CCN2C(=O)[C@H]3[C@@H]4C=C[C@H]([C@H]5C[C@H]45)[C@@H]3C2=O)cc1. The number of esters is 1. The molecule has 1 aromatic rings. The molecule has 1 N–H and O–H groups in total. The molecule has 0 aromatic heterocycles. The van der Waals surface area contributed by atoms with E-state index in [2.05, 4.69) is 17.5 Å². The molecule has 0 spiro atoms. The van der Waals surface area contributed by atoms with Gasteiger partial charge in [-0.25, -0.2) is 4.79 Å². The van der Waals surface area contributed by atoms with Crippen LogP contribution in [0.15, 0.2) is 36.4 Å². The van der Waals surface area contributed by atoms with E-state index in [1.807, 2.05) is 0 Å². The van der Waals surface area contributed by atoms with Gasteiger partial charge in [0.1, 0.15) is 0 Å². The Labute approximate surface area is 174 Å². The van der Waals surface area contributed by atoms with Crippen LogP contribution in [0.3, 0.4) is 0 Å². The molecule has 1 aromatic carbocycles. The van der Waals surface area contributed by atoms with Crippen LogP contribution in [0.4, 0.5) is 5.69 Å². The van der Waals surface area contributed by atoms with Crippen LogP contribution in [0.2, 0.25) is 0 Å². The fourth-order valence-corrected chi connectivity index (χ4v) is 5.58. The normalized spacial score (nSPS) is 32.6. The van der Waals surface area contributed by atoms with Gasteiger partial charge in [-0.15, -0.1) is 0 Å². The summed E-state index contributed by atoms with van der Waals surface area (Å²) in [7, 11) is 0. The lowest BCUT2D eigenvalue weighted by molar-refractivity contribution is -0.140. The van der Waals surface area contributed by atoms with Gasteiger partial charge in [0.25, 0.3) is 0 Å². The van der Waals surface area contributed by atoms with Crippen LogP contribution in [-0.2, 0) is 19.1 Å². The average molecular weight is 408 g/mol. The summed E-state index contributed by atoms with van der Waals surface area (Å²) in [5.41, 5.74) is 0.954. The second-order valence-corrected chi connectivity index (χ2v) is 8.58. The van der Waals surface area contributed by atoms with Crippen molar-refractivity contribution in [2.24, 2.45) is 35.5 Å². The molecule has 156 valence electrons. The summed E-state index contributed by atoms with van der Waals surface area (Å²) < 4.78 is 4.93. The van der Waals surface area contributed by atoms with Gasteiger partial charge in [0.2, 0.25) is 17.7 Å². The number of ether oxygens (including phenoxy) is 1. The highest BCUT2D eigenvalue weighted by Crippen LogP contribution is 2.65. The zero-order chi connectivity index (χ0) is 21.0. The van der Waals surface area contributed by atoms with Crippen molar-refractivity contribution >= 4 is 29.4 Å². The van der Waals surface area contributed by atoms with Gasteiger partial charge >= 0.3 is 5.97 Å². The number of benzene rings is 1. The van der Waals surface area contributed by atoms with Crippen molar-refractivity contribution in [3.05, 3.63) is 42.0 Å². The Morgan fingerprint density at radius 1 is 1.03 bits per heavy atom. The van der Waals surface area contributed by atoms with E-state index in [-0.39, 0.29) is 54.4 Å². The molecule has 7 nitrogen and oxygen atoms in total. The summed E-state index contributed by atoms with van der Waals surface area (Å²) in [5.74, 6) is 0.156. The minimum absolute atomic E-state index is 0.0478. The molecule has 2 bridgehead atoms. The molecule has 1 heterocycles. The molecule has 5 aliphatic rings. The van der Waals surface area contributed by atoms with Crippen LogP contribution in [0, 0.1) is 35.5 Å². The molecule has 4 aliphatic carbocycles. The molecule has 3 amide bonds. The quantitative estimate of drug-likeness (QED) is 0.443. The molecule has 6 rings (SSSR count). The third-order valence-corrected chi connectivity index (χ3v) is 7.00. The van der Waals surface area contributed by atoms with E-state index in [1.165, 1.54) is 4.90 Å². The molecule has 1 saturated heterocycles. The summed E-state index contributed by atoms with van der Waals surface area (Å²) in [5, 5.41) is 2.75. The predicted octanol–water partition coefficient (Wildman–Crippen LogP) is 2.25. The lowest BCUT2D eigenvalue weighted by Gasteiger charge is -2.37. The maximum atomic E-state index is 12.9. The minimum atomic E-state index is -0.413. The number of hydrogen-bond acceptors (Lipinski definition) is 5. The van der Waals surface area contributed by atoms with Crippen LogP contribution >= 0.6 is 0 Å². The van der Waals surface area contributed by atoms with E-state index in [1.54, 1.807) is 31.2 Å². The maximum Gasteiger partial charge on any atom is 0.338 e. The number of likely N-dealkylation sites (tertiary alicyclic amines) is 1. The summed E-state index contributed by atoms with van der Waals surface area (Å²) in [4.78, 5) is 51.2. The first-order valence-corrected chi connectivity index (χ1v) is 10.6. The van der Waals surface area contributed by atoms with E-state index in [4.69, 9.17) is 4.74 Å². The van der Waals surface area contributed by atoms with Crippen molar-refractivity contribution in [3.8, 4) is 0 Å². The topological polar surface area (TPSA) is 92.8 Å². The van der Waals surface area contributed by atoms with Crippen molar-refractivity contribution in [1.29, 1.82) is 0 Å². The Bertz CT molecular complexity index is 917. The predicted molar refractivity (Wildman–Crippen MR) is 107 cm³/mol. The lowest BCUT2D eigenvalue weighted by Crippen LogP contribution is -2.40. The van der Waals surface area contributed by atoms with Gasteiger partial charge in [0.15, 0.2) is 0 Å². The zero-order valence-electron chi connectivity index (χ0n) is 16.7. The first-order valence-electron chi connectivity index (χ1n) is 10.6. The zero-order valence-corrected chi connectivity index (χ0v) is 16.7. The Morgan fingerprint density at radius 3 is 2.20 bits per heavy atom. The third kappa shape index (κ3) is 2.95. The first kappa shape index (κ1) is 19.0. The van der Waals surface area contributed by atoms with Crippen LogP contribution in [0.1, 0.15) is 30.1 Å². The number of nitrogens with one attached hydrogen (secondary N) is 1. The smallest absolute Gasteiger partial charge is 0.338 e. The van der Waals surface area contributed by atoms with E-state index in [0.29, 0.717) is 29.7 Å². The molecule has 6 atom stereocenters. The van der Waals surface area contributed by atoms with E-state index >= 15 is 0 Å². The number of imide groups is 1. The Kier molecular flexibility index (Phi) is 4.49. The molecule has 3 fully saturated rings. The summed E-state index contributed by atoms with van der Waals surface area (Å²) in [6.45, 7) is 2.14. The summed E-state index contributed by atoms with van der Waals surface area (Å²) in [6.07, 6.45) is 5.46. The number of amides is 3. The second-order valence-electron chi connectivity index (χ2n) is 8.58. The number of carbonyl (C=O) groups is 4. The van der Waals surface area contributed by atoms with Crippen LogP contribution in [0.25, 0.3) is 0 Å². The molecule has 7 heteroatoms. The van der Waals surface area contributed by atoms with Gasteiger partial charge in [0, 0.05) is 18.7 Å². The number of hydrogen-bond donors (Lipinski definition) is 1. The largest absolute Gasteiger partial charge is 0.462 e. The first-order chi connectivity index (χ1) is 14.5. The van der Waals surface area contributed by atoms with Crippen molar-refractivity contribution < 1.29 is 23.9 Å². The van der Waals surface area contributed by atoms with Crippen molar-refractivity contribution in [2.45, 2.75) is 19.8 Å². The Balaban J connectivity index is 1.18. The van der Waals surface area contributed by atoms with Crippen molar-refractivity contribution in [2.75, 3.05) is 18.5 Å². The van der Waals surface area contributed by atoms with Gasteiger partial charge < -0.3 is 10.1 Å². The van der Waals surface area contributed by atoms with E-state index in [9.17, 15) is 19.2 Å². The average Bonchev–Trinajstić information content (AvgIpc) is 3.52. The fraction of sp³-hybridized carbons (Fsp3) is 0.478. The molecule has 30 heavy (non-hydrogen) atoms. The van der Waals surface area contributed by atoms with Gasteiger partial charge in [-0.2, -0.15) is 0 Å². The van der Waals surface area contributed by atoms with Gasteiger partial charge in [0.05, 0.1) is 24.0 Å². The van der Waals surface area contributed by atoms with Crippen molar-refractivity contribution in [1.82, 2.24) is 4.90 Å². The number of rotatable bonds is 6. The Hall–Kier alpha value is -2.96. The number of carbonyl (C=O) groups excluding carboxylic acids is 4. The molecule has 0 unspecified atom stereocenters. The molecular formula is C23H24N2O5. The monoisotopic (exact) mass is 408 g/mol. The van der Waals surface area contributed by atoms with Crippen LogP contribution < -0.4 is 5.32 Å². The van der Waals surface area contributed by atoms with E-state index in [0.717, 1.165) is 6.42 Å². The highest BCUT2D eigenvalue weighted by molar-refractivity contribution is 6.06. The van der Waals surface area contributed by atoms with Crippen LogP contribution in [-0.4, -0.2) is 41.7 Å². The third-order valence-electron chi connectivity index (χ3n) is 7.00. The summed E-state index contributed by atoms with van der Waals surface area (Å²) in [6, 6.07) is 6.42. The van der Waals surface area contributed by atoms with E-state index < -0.39 is 5.97 Å². The molecule has 2 saturated carbocycles. The molecule has 0 radical (unpaired) electrons. The van der Waals surface area contributed by atoms with Gasteiger partial charge in [-0.3, -0.25) is 19.3 Å². The number of anilines is 1. The van der Waals surface area contributed by atoms with Gasteiger partial charge in [-0.05, 0) is 61.3 Å². The fourth-order valence-electron chi connectivity index (χ4n) is 5.58. The highest BCUT2D eigenvalue weighted by Gasteiger charge is 2.66. The Morgan fingerprint density at radius 2 is 1.63 bits per heavy atom. The highest BCUT2D eigenvalue weighted by atomic mass is 16.5.